The first-order valence-electron chi connectivity index (χ1n) is 7.23. The maximum atomic E-state index is 12.8. The van der Waals surface area contributed by atoms with Gasteiger partial charge in [-0.2, -0.15) is 0 Å². The van der Waals surface area contributed by atoms with Crippen molar-refractivity contribution in [3.63, 3.8) is 0 Å². The second-order valence-electron chi connectivity index (χ2n) is 5.46. The zero-order chi connectivity index (χ0) is 16.0. The minimum absolute atomic E-state index is 0.140. The van der Waals surface area contributed by atoms with Crippen LogP contribution in [0.5, 0.6) is 0 Å². The van der Waals surface area contributed by atoms with Crippen molar-refractivity contribution in [3.8, 4) is 0 Å². The van der Waals surface area contributed by atoms with Crippen molar-refractivity contribution in [3.05, 3.63) is 70.4 Å². The van der Waals surface area contributed by atoms with Gasteiger partial charge in [0.05, 0.1) is 17.2 Å². The third-order valence-corrected chi connectivity index (χ3v) is 4.01. The lowest BCUT2D eigenvalue weighted by Crippen LogP contribution is -2.06. The van der Waals surface area contributed by atoms with Gasteiger partial charge in [0, 0.05) is 10.9 Å². The van der Waals surface area contributed by atoms with E-state index in [-0.39, 0.29) is 11.8 Å². The third kappa shape index (κ3) is 2.07. The number of hydrogen-bond acceptors (Lipinski definition) is 3. The lowest BCUT2D eigenvalue weighted by Gasteiger charge is -2.07. The number of para-hydroxylation sites is 1. The van der Waals surface area contributed by atoms with Crippen molar-refractivity contribution in [1.82, 2.24) is 0 Å². The van der Waals surface area contributed by atoms with E-state index in [0.29, 0.717) is 27.5 Å². The summed E-state index contributed by atoms with van der Waals surface area (Å²) in [5.74, 6) is -0.960. The van der Waals surface area contributed by atoms with E-state index in [1.807, 2.05) is 30.3 Å². The molecule has 1 aromatic heterocycles. The highest BCUT2D eigenvalue weighted by Crippen LogP contribution is 2.28. The van der Waals surface area contributed by atoms with Crippen molar-refractivity contribution in [2.45, 2.75) is 6.42 Å². The van der Waals surface area contributed by atoms with E-state index in [0.717, 1.165) is 10.8 Å². The molecule has 3 aromatic carbocycles. The highest BCUT2D eigenvalue weighted by molar-refractivity contribution is 6.06. The maximum Gasteiger partial charge on any atom is 0.307 e. The molecule has 4 nitrogen and oxygen atoms in total. The van der Waals surface area contributed by atoms with Gasteiger partial charge in [-0.05, 0) is 17.5 Å². The summed E-state index contributed by atoms with van der Waals surface area (Å²) in [5.41, 5.74) is 1.21. The van der Waals surface area contributed by atoms with Crippen LogP contribution >= 0.6 is 0 Å². The topological polar surface area (TPSA) is 67.5 Å². The summed E-state index contributed by atoms with van der Waals surface area (Å²) >= 11 is 0. The predicted molar refractivity (Wildman–Crippen MR) is 88.8 cm³/mol. The summed E-state index contributed by atoms with van der Waals surface area (Å²) in [4.78, 5) is 23.8. The molecule has 0 saturated heterocycles. The Labute approximate surface area is 130 Å². The van der Waals surface area contributed by atoms with E-state index in [9.17, 15) is 9.59 Å². The molecule has 1 N–H and O–H groups in total. The van der Waals surface area contributed by atoms with Gasteiger partial charge < -0.3 is 9.52 Å². The number of aliphatic carboxylic acids is 1. The quantitative estimate of drug-likeness (QED) is 0.452. The van der Waals surface area contributed by atoms with E-state index in [1.165, 1.54) is 0 Å². The van der Waals surface area contributed by atoms with Gasteiger partial charge in [-0.15, -0.1) is 0 Å². The van der Waals surface area contributed by atoms with Crippen LogP contribution < -0.4 is 5.43 Å². The minimum atomic E-state index is -0.960. The summed E-state index contributed by atoms with van der Waals surface area (Å²) in [6, 6.07) is 16.3. The molecule has 4 heteroatoms. The van der Waals surface area contributed by atoms with Crippen molar-refractivity contribution in [2.24, 2.45) is 0 Å². The van der Waals surface area contributed by atoms with Crippen LogP contribution in [0, 0.1) is 0 Å². The number of hydrogen-bond donors (Lipinski definition) is 1. The summed E-state index contributed by atoms with van der Waals surface area (Å²) in [6.45, 7) is 0. The Morgan fingerprint density at radius 2 is 1.61 bits per heavy atom. The Morgan fingerprint density at radius 3 is 2.43 bits per heavy atom. The van der Waals surface area contributed by atoms with Gasteiger partial charge in [0.25, 0.3) is 0 Å². The molecule has 4 aromatic rings. The molecule has 1 heterocycles. The predicted octanol–water partition coefficient (Wildman–Crippen LogP) is 3.73. The Hall–Kier alpha value is -3.14. The summed E-state index contributed by atoms with van der Waals surface area (Å²) in [6.07, 6.45) is -0.184. The van der Waals surface area contributed by atoms with Crippen molar-refractivity contribution >= 4 is 38.7 Å². The van der Waals surface area contributed by atoms with Gasteiger partial charge in [0.1, 0.15) is 11.2 Å². The van der Waals surface area contributed by atoms with Crippen LogP contribution in [0.3, 0.4) is 0 Å². The van der Waals surface area contributed by atoms with E-state index < -0.39 is 5.97 Å². The fourth-order valence-corrected chi connectivity index (χ4v) is 2.97. The summed E-state index contributed by atoms with van der Waals surface area (Å²) in [5, 5.41) is 11.8. The van der Waals surface area contributed by atoms with Crippen LogP contribution in [0.2, 0.25) is 0 Å². The van der Waals surface area contributed by atoms with Gasteiger partial charge in [-0.3, -0.25) is 9.59 Å². The van der Waals surface area contributed by atoms with Gasteiger partial charge in [0.15, 0.2) is 0 Å². The number of benzene rings is 3. The lowest BCUT2D eigenvalue weighted by molar-refractivity contribution is -0.136. The molecule has 0 spiro atoms. The Bertz CT molecular complexity index is 1140. The highest BCUT2D eigenvalue weighted by Gasteiger charge is 2.14. The molecule has 112 valence electrons. The van der Waals surface area contributed by atoms with Crippen molar-refractivity contribution in [2.75, 3.05) is 0 Å². The van der Waals surface area contributed by atoms with E-state index in [2.05, 4.69) is 0 Å². The summed E-state index contributed by atoms with van der Waals surface area (Å²) < 4.78 is 6.01. The first-order valence-corrected chi connectivity index (χ1v) is 7.23. The molecule has 0 aliphatic heterocycles. The molecule has 0 atom stereocenters. The van der Waals surface area contributed by atoms with Crippen LogP contribution in [0.4, 0.5) is 0 Å². The van der Waals surface area contributed by atoms with Crippen molar-refractivity contribution in [1.29, 1.82) is 0 Å². The first-order chi connectivity index (χ1) is 11.1. The van der Waals surface area contributed by atoms with Crippen LogP contribution in [-0.2, 0) is 11.2 Å². The Kier molecular flexibility index (Phi) is 2.91. The van der Waals surface area contributed by atoms with E-state index in [4.69, 9.17) is 9.52 Å². The molecule has 0 aliphatic rings. The number of fused-ring (bicyclic) bond motifs is 4. The van der Waals surface area contributed by atoms with Gasteiger partial charge in [-0.25, -0.2) is 0 Å². The molecule has 4 rings (SSSR count). The fourth-order valence-electron chi connectivity index (χ4n) is 2.97. The molecule has 0 radical (unpaired) electrons. The lowest BCUT2D eigenvalue weighted by atomic mass is 10.0. The zero-order valence-corrected chi connectivity index (χ0v) is 12.1. The number of carbonyl (C=O) groups is 1. The van der Waals surface area contributed by atoms with Crippen LogP contribution in [0.25, 0.3) is 32.7 Å². The molecular weight excluding hydrogens is 292 g/mol. The highest BCUT2D eigenvalue weighted by atomic mass is 16.4. The molecule has 23 heavy (non-hydrogen) atoms. The van der Waals surface area contributed by atoms with E-state index in [1.54, 1.807) is 24.3 Å². The maximum absolute atomic E-state index is 12.8. The molecule has 0 fully saturated rings. The molecule has 0 amide bonds. The second-order valence-corrected chi connectivity index (χ2v) is 5.46. The second kappa shape index (κ2) is 4.95. The molecular formula is C19H12O4. The average Bonchev–Trinajstić information content (AvgIpc) is 2.55. The molecule has 0 aliphatic carbocycles. The molecule has 0 saturated carbocycles. The van der Waals surface area contributed by atoms with Gasteiger partial charge >= 0.3 is 5.97 Å². The largest absolute Gasteiger partial charge is 0.481 e. The van der Waals surface area contributed by atoms with Crippen LogP contribution in [0.1, 0.15) is 5.56 Å². The summed E-state index contributed by atoms with van der Waals surface area (Å²) in [7, 11) is 0. The van der Waals surface area contributed by atoms with Gasteiger partial charge in [-0.1, -0.05) is 42.5 Å². The first kappa shape index (κ1) is 13.5. The third-order valence-electron chi connectivity index (χ3n) is 4.01. The Morgan fingerprint density at radius 1 is 0.870 bits per heavy atom. The van der Waals surface area contributed by atoms with Gasteiger partial charge in [0.2, 0.25) is 5.43 Å². The van der Waals surface area contributed by atoms with Crippen molar-refractivity contribution < 1.29 is 14.3 Å². The minimum Gasteiger partial charge on any atom is -0.481 e. The number of rotatable bonds is 2. The Balaban J connectivity index is 2.21. The zero-order valence-electron chi connectivity index (χ0n) is 12.1. The number of carboxylic acids is 1. The smallest absolute Gasteiger partial charge is 0.307 e. The normalized spacial score (nSPS) is 11.3. The molecule has 0 bridgehead atoms. The van der Waals surface area contributed by atoms with E-state index >= 15 is 0 Å². The fraction of sp³-hybridized carbons (Fsp3) is 0.0526. The van der Waals surface area contributed by atoms with Crippen LogP contribution in [-0.4, -0.2) is 11.1 Å². The molecule has 0 unspecified atom stereocenters. The van der Waals surface area contributed by atoms with Crippen LogP contribution in [0.15, 0.2) is 63.8 Å². The SMILES string of the molecule is O=C(O)Cc1cccc2c(=O)c3ccc4ccccc4c3oc12. The standard InChI is InChI=1S/C19H12O4/c20-16(21)10-12-5-3-7-14-17(22)15-9-8-11-4-1-2-6-13(11)19(15)23-18(12)14/h1-9H,10H2,(H,20,21). The average molecular weight is 304 g/mol. The monoisotopic (exact) mass is 304 g/mol. The number of carboxylic acid groups (broad SMARTS) is 1.